The van der Waals surface area contributed by atoms with E-state index in [1.807, 2.05) is 9.80 Å². The van der Waals surface area contributed by atoms with Gasteiger partial charge in [-0.05, 0) is 25.7 Å². The minimum Gasteiger partial charge on any atom is -0.342 e. The molecule has 26 heavy (non-hydrogen) atoms. The molecule has 2 saturated carbocycles. The molecule has 0 aromatic rings. The van der Waals surface area contributed by atoms with Crippen molar-refractivity contribution in [3.05, 3.63) is 0 Å². The third-order valence-electron chi connectivity index (χ3n) is 6.36. The average Bonchev–Trinajstić information content (AvgIpc) is 2.68. The Bertz CT molecular complexity index is 528. The fraction of sp³-hybridized carbons (Fsp3) is 0.850. The van der Waals surface area contributed by atoms with Crippen LogP contribution >= 0.6 is 0 Å². The molecular weight excluding hydrogens is 330 g/mol. The quantitative estimate of drug-likeness (QED) is 0.835. The zero-order valence-corrected chi connectivity index (χ0v) is 16.1. The summed E-state index contributed by atoms with van der Waals surface area (Å²) < 4.78 is 0. The van der Waals surface area contributed by atoms with Gasteiger partial charge in [-0.15, -0.1) is 0 Å². The first-order valence-electron chi connectivity index (χ1n) is 10.4. The lowest BCUT2D eigenvalue weighted by Crippen LogP contribution is -2.63. The first kappa shape index (κ1) is 19.2. The number of nitrogens with zero attached hydrogens (tertiary/aromatic N) is 2. The van der Waals surface area contributed by atoms with Gasteiger partial charge in [-0.3, -0.25) is 14.4 Å². The molecule has 3 amide bonds. The minimum absolute atomic E-state index is 0.0529. The Balaban J connectivity index is 1.58. The fourth-order valence-electron chi connectivity index (χ4n) is 4.92. The molecule has 0 radical (unpaired) electrons. The monoisotopic (exact) mass is 363 g/mol. The Hall–Kier alpha value is -1.59. The van der Waals surface area contributed by atoms with Crippen LogP contribution in [0.1, 0.15) is 71.1 Å². The molecule has 6 heteroatoms. The van der Waals surface area contributed by atoms with Crippen molar-refractivity contribution in [1.29, 1.82) is 0 Å². The Kier molecular flexibility index (Phi) is 6.20. The molecule has 0 aromatic carbocycles. The van der Waals surface area contributed by atoms with Crippen molar-refractivity contribution in [3.8, 4) is 0 Å². The molecule has 1 aliphatic heterocycles. The highest BCUT2D eigenvalue weighted by atomic mass is 16.2. The average molecular weight is 364 g/mol. The van der Waals surface area contributed by atoms with E-state index in [1.54, 1.807) is 0 Å². The summed E-state index contributed by atoms with van der Waals surface area (Å²) in [4.78, 5) is 41.4. The molecule has 0 aromatic heterocycles. The molecule has 6 nitrogen and oxygen atoms in total. The molecule has 1 heterocycles. The van der Waals surface area contributed by atoms with E-state index in [4.69, 9.17) is 0 Å². The van der Waals surface area contributed by atoms with Gasteiger partial charge >= 0.3 is 0 Å². The number of rotatable bonds is 3. The second-order valence-electron chi connectivity index (χ2n) is 8.28. The molecule has 1 saturated heterocycles. The summed E-state index contributed by atoms with van der Waals surface area (Å²) in [6, 6.07) is 0. The second kappa shape index (κ2) is 8.40. The van der Waals surface area contributed by atoms with Crippen LogP contribution in [-0.4, -0.2) is 59.2 Å². The van der Waals surface area contributed by atoms with Crippen molar-refractivity contribution in [2.45, 2.75) is 76.7 Å². The van der Waals surface area contributed by atoms with E-state index in [9.17, 15) is 14.4 Å². The van der Waals surface area contributed by atoms with Crippen molar-refractivity contribution in [2.24, 2.45) is 5.92 Å². The van der Waals surface area contributed by atoms with Crippen LogP contribution in [0.3, 0.4) is 0 Å². The topological polar surface area (TPSA) is 69.7 Å². The van der Waals surface area contributed by atoms with Gasteiger partial charge in [-0.1, -0.05) is 38.5 Å². The molecule has 3 rings (SSSR count). The van der Waals surface area contributed by atoms with Crippen LogP contribution in [0.4, 0.5) is 0 Å². The van der Waals surface area contributed by atoms with E-state index in [-0.39, 0.29) is 23.6 Å². The molecule has 146 valence electrons. The Labute approximate surface area is 156 Å². The van der Waals surface area contributed by atoms with Crippen LogP contribution in [0, 0.1) is 5.92 Å². The zero-order valence-electron chi connectivity index (χ0n) is 16.1. The van der Waals surface area contributed by atoms with Crippen LogP contribution in [0.25, 0.3) is 0 Å². The van der Waals surface area contributed by atoms with Crippen molar-refractivity contribution in [2.75, 3.05) is 26.2 Å². The normalized spacial score (nSPS) is 24.2. The van der Waals surface area contributed by atoms with E-state index in [1.165, 1.54) is 13.3 Å². The number of amides is 3. The van der Waals surface area contributed by atoms with Crippen molar-refractivity contribution < 1.29 is 14.4 Å². The first-order chi connectivity index (χ1) is 12.5. The predicted octanol–water partition coefficient (Wildman–Crippen LogP) is 2.08. The lowest BCUT2D eigenvalue weighted by atomic mass is 9.80. The molecule has 3 aliphatic rings. The highest BCUT2D eigenvalue weighted by Crippen LogP contribution is 2.31. The summed E-state index contributed by atoms with van der Waals surface area (Å²) in [5, 5.41) is 2.97. The van der Waals surface area contributed by atoms with Gasteiger partial charge in [0.25, 0.3) is 0 Å². The van der Waals surface area contributed by atoms with Crippen molar-refractivity contribution >= 4 is 17.7 Å². The van der Waals surface area contributed by atoms with E-state index in [2.05, 4.69) is 5.32 Å². The number of piperazine rings is 1. The summed E-state index contributed by atoms with van der Waals surface area (Å²) in [5.74, 6) is 0.393. The van der Waals surface area contributed by atoms with Crippen LogP contribution in [0.5, 0.6) is 0 Å². The number of hydrogen-bond donors (Lipinski definition) is 1. The number of nitrogens with one attached hydrogen (secondary N) is 1. The van der Waals surface area contributed by atoms with E-state index >= 15 is 0 Å². The molecule has 0 bridgehead atoms. The molecule has 1 N–H and O–H groups in total. The first-order valence-corrected chi connectivity index (χ1v) is 10.4. The third-order valence-corrected chi connectivity index (χ3v) is 6.36. The molecule has 2 aliphatic carbocycles. The predicted molar refractivity (Wildman–Crippen MR) is 99.4 cm³/mol. The lowest BCUT2D eigenvalue weighted by molar-refractivity contribution is -0.148. The van der Waals surface area contributed by atoms with Crippen LogP contribution in [0.2, 0.25) is 0 Å². The van der Waals surface area contributed by atoms with Gasteiger partial charge in [-0.2, -0.15) is 0 Å². The summed E-state index contributed by atoms with van der Waals surface area (Å²) >= 11 is 0. The molecular formula is C20H33N3O3. The lowest BCUT2D eigenvalue weighted by Gasteiger charge is -2.43. The summed E-state index contributed by atoms with van der Waals surface area (Å²) in [6.07, 6.45) is 10.1. The second-order valence-corrected chi connectivity index (χ2v) is 8.28. The highest BCUT2D eigenvalue weighted by Gasteiger charge is 2.43. The Morgan fingerprint density at radius 1 is 0.808 bits per heavy atom. The van der Waals surface area contributed by atoms with E-state index in [0.29, 0.717) is 26.2 Å². The van der Waals surface area contributed by atoms with Crippen LogP contribution in [-0.2, 0) is 14.4 Å². The van der Waals surface area contributed by atoms with Gasteiger partial charge in [0.15, 0.2) is 0 Å². The smallest absolute Gasteiger partial charge is 0.248 e. The van der Waals surface area contributed by atoms with Gasteiger partial charge in [0, 0.05) is 39.0 Å². The summed E-state index contributed by atoms with van der Waals surface area (Å²) in [6.45, 7) is 3.90. The zero-order chi connectivity index (χ0) is 18.6. The van der Waals surface area contributed by atoms with E-state index in [0.717, 1.165) is 57.8 Å². The summed E-state index contributed by atoms with van der Waals surface area (Å²) in [5.41, 5.74) is -0.723. The largest absolute Gasteiger partial charge is 0.342 e. The van der Waals surface area contributed by atoms with Crippen LogP contribution in [0.15, 0.2) is 0 Å². The third kappa shape index (κ3) is 4.21. The van der Waals surface area contributed by atoms with Gasteiger partial charge in [-0.25, -0.2) is 0 Å². The number of carbonyl (C=O) groups is 3. The van der Waals surface area contributed by atoms with E-state index < -0.39 is 5.54 Å². The molecule has 0 unspecified atom stereocenters. The fourth-order valence-corrected chi connectivity index (χ4v) is 4.92. The SMILES string of the molecule is CC(=O)NC1(C(=O)N2CCN(C(=O)C3CCCCC3)CC2)CCCCC1. The Morgan fingerprint density at radius 2 is 1.35 bits per heavy atom. The van der Waals surface area contributed by atoms with Gasteiger partial charge < -0.3 is 15.1 Å². The minimum atomic E-state index is -0.723. The maximum Gasteiger partial charge on any atom is 0.248 e. The molecule has 3 fully saturated rings. The number of carbonyl (C=O) groups excluding carboxylic acids is 3. The van der Waals surface area contributed by atoms with Crippen LogP contribution < -0.4 is 5.32 Å². The molecule has 0 atom stereocenters. The van der Waals surface area contributed by atoms with Gasteiger partial charge in [0.05, 0.1) is 0 Å². The summed E-state index contributed by atoms with van der Waals surface area (Å²) in [7, 11) is 0. The molecule has 0 spiro atoms. The van der Waals surface area contributed by atoms with Gasteiger partial charge in [0.1, 0.15) is 5.54 Å². The van der Waals surface area contributed by atoms with Crippen molar-refractivity contribution in [3.63, 3.8) is 0 Å². The maximum atomic E-state index is 13.2. The number of hydrogen-bond acceptors (Lipinski definition) is 3. The van der Waals surface area contributed by atoms with Crippen molar-refractivity contribution in [1.82, 2.24) is 15.1 Å². The standard InChI is InChI=1S/C20H33N3O3/c1-16(24)21-20(10-6-3-7-11-20)19(26)23-14-12-22(13-15-23)18(25)17-8-4-2-5-9-17/h17H,2-15H2,1H3,(H,21,24). The maximum absolute atomic E-state index is 13.2. The Morgan fingerprint density at radius 3 is 1.92 bits per heavy atom. The van der Waals surface area contributed by atoms with Gasteiger partial charge in [0.2, 0.25) is 17.7 Å². The highest BCUT2D eigenvalue weighted by molar-refractivity contribution is 5.91.